The van der Waals surface area contributed by atoms with E-state index in [2.05, 4.69) is 37.5 Å². The van der Waals surface area contributed by atoms with Crippen molar-refractivity contribution in [3.05, 3.63) is 82.9 Å². The van der Waals surface area contributed by atoms with Crippen LogP contribution in [0.1, 0.15) is 83.9 Å². The van der Waals surface area contributed by atoms with Gasteiger partial charge in [0.2, 0.25) is 0 Å². The van der Waals surface area contributed by atoms with Crippen LogP contribution >= 0.6 is 0 Å². The number of nitrogens with zero attached hydrogens (tertiary/aromatic N) is 1. The van der Waals surface area contributed by atoms with Crippen molar-refractivity contribution in [1.82, 2.24) is 4.90 Å². The van der Waals surface area contributed by atoms with E-state index in [-0.39, 0.29) is 11.8 Å². The van der Waals surface area contributed by atoms with Gasteiger partial charge in [-0.2, -0.15) is 0 Å². The van der Waals surface area contributed by atoms with Gasteiger partial charge in [-0.1, -0.05) is 49.8 Å². The van der Waals surface area contributed by atoms with Crippen molar-refractivity contribution in [1.29, 1.82) is 0 Å². The molecule has 3 nitrogen and oxygen atoms in total. The van der Waals surface area contributed by atoms with E-state index in [9.17, 15) is 9.59 Å². The lowest BCUT2D eigenvalue weighted by Gasteiger charge is -2.32. The Bertz CT molecular complexity index is 1040. The molecule has 30 heavy (non-hydrogen) atoms. The molecule has 1 heterocycles. The predicted molar refractivity (Wildman–Crippen MR) is 121 cm³/mol. The first-order chi connectivity index (χ1) is 14.4. The van der Waals surface area contributed by atoms with Gasteiger partial charge in [0.25, 0.3) is 11.8 Å². The van der Waals surface area contributed by atoms with Gasteiger partial charge in [-0.3, -0.25) is 14.5 Å². The van der Waals surface area contributed by atoms with Crippen molar-refractivity contribution in [3.8, 4) is 11.8 Å². The normalized spacial score (nSPS) is 13.1. The largest absolute Gasteiger partial charge is 0.269 e. The van der Waals surface area contributed by atoms with Gasteiger partial charge in [0.15, 0.2) is 0 Å². The Morgan fingerprint density at radius 1 is 0.967 bits per heavy atom. The van der Waals surface area contributed by atoms with Gasteiger partial charge < -0.3 is 0 Å². The highest BCUT2D eigenvalue weighted by Crippen LogP contribution is 2.31. The molecule has 154 valence electrons. The molecule has 0 atom stereocenters. The van der Waals surface area contributed by atoms with Gasteiger partial charge >= 0.3 is 0 Å². The lowest BCUT2D eigenvalue weighted by Crippen LogP contribution is -2.47. The SMILES string of the molecule is C=CCC(C)(C)N1C(=O)c2ccc(C#Cc3cccc(CCCCC)c3)cc2C1=O. The molecule has 0 aliphatic carbocycles. The number of hydrogen-bond donors (Lipinski definition) is 0. The van der Waals surface area contributed by atoms with E-state index >= 15 is 0 Å². The van der Waals surface area contributed by atoms with Crippen molar-refractivity contribution in [2.45, 2.75) is 58.4 Å². The first-order valence-electron chi connectivity index (χ1n) is 10.6. The molecule has 0 saturated heterocycles. The number of rotatable bonds is 7. The monoisotopic (exact) mass is 399 g/mol. The molecule has 0 aromatic heterocycles. The van der Waals surface area contributed by atoms with Gasteiger partial charge in [-0.25, -0.2) is 0 Å². The molecule has 2 amide bonds. The topological polar surface area (TPSA) is 37.4 Å². The van der Waals surface area contributed by atoms with E-state index in [0.29, 0.717) is 17.5 Å². The Labute approximate surface area is 179 Å². The molecule has 0 spiro atoms. The molecule has 1 aliphatic rings. The minimum absolute atomic E-state index is 0.249. The molecular formula is C27H29NO2. The summed E-state index contributed by atoms with van der Waals surface area (Å²) < 4.78 is 0. The highest BCUT2D eigenvalue weighted by molar-refractivity contribution is 6.22. The van der Waals surface area contributed by atoms with Crippen molar-refractivity contribution in [3.63, 3.8) is 0 Å². The summed E-state index contributed by atoms with van der Waals surface area (Å²) in [4.78, 5) is 27.1. The number of unbranched alkanes of at least 4 members (excludes halogenated alkanes) is 2. The number of benzene rings is 2. The second kappa shape index (κ2) is 9.13. The summed E-state index contributed by atoms with van der Waals surface area (Å²) in [5.41, 5.74) is 3.25. The van der Waals surface area contributed by atoms with Gasteiger partial charge in [-0.05, 0) is 69.0 Å². The third-order valence-electron chi connectivity index (χ3n) is 5.48. The average Bonchev–Trinajstić information content (AvgIpc) is 2.97. The number of imide groups is 1. The number of fused-ring (bicyclic) bond motifs is 1. The summed E-state index contributed by atoms with van der Waals surface area (Å²) >= 11 is 0. The summed E-state index contributed by atoms with van der Waals surface area (Å²) in [6.07, 6.45) is 6.97. The zero-order valence-corrected chi connectivity index (χ0v) is 18.1. The fourth-order valence-electron chi connectivity index (χ4n) is 3.84. The average molecular weight is 400 g/mol. The molecule has 0 fully saturated rings. The van der Waals surface area contributed by atoms with Crippen LogP contribution in [0.25, 0.3) is 0 Å². The zero-order chi connectivity index (χ0) is 21.7. The second-order valence-corrected chi connectivity index (χ2v) is 8.42. The smallest absolute Gasteiger partial charge is 0.262 e. The molecule has 0 radical (unpaired) electrons. The van der Waals surface area contributed by atoms with Crippen molar-refractivity contribution >= 4 is 11.8 Å². The van der Waals surface area contributed by atoms with Crippen LogP contribution in [0.5, 0.6) is 0 Å². The number of carbonyl (C=O) groups excluding carboxylic acids is 2. The highest BCUT2D eigenvalue weighted by atomic mass is 16.2. The third kappa shape index (κ3) is 4.54. The summed E-state index contributed by atoms with van der Waals surface area (Å²) in [6.45, 7) is 9.71. The quantitative estimate of drug-likeness (QED) is 0.256. The number of hydrogen-bond acceptors (Lipinski definition) is 2. The van der Waals surface area contributed by atoms with Gasteiger partial charge in [0.05, 0.1) is 11.1 Å². The van der Waals surface area contributed by atoms with Crippen molar-refractivity contribution in [2.75, 3.05) is 0 Å². The van der Waals surface area contributed by atoms with Crippen molar-refractivity contribution < 1.29 is 9.59 Å². The van der Waals surface area contributed by atoms with Crippen LogP contribution in [-0.2, 0) is 6.42 Å². The van der Waals surface area contributed by atoms with E-state index in [1.165, 1.54) is 29.7 Å². The van der Waals surface area contributed by atoms with E-state index in [0.717, 1.165) is 17.5 Å². The fourth-order valence-corrected chi connectivity index (χ4v) is 3.84. The molecule has 0 saturated carbocycles. The van der Waals surface area contributed by atoms with Gasteiger partial charge in [-0.15, -0.1) is 6.58 Å². The van der Waals surface area contributed by atoms with E-state index in [1.807, 2.05) is 32.0 Å². The Morgan fingerprint density at radius 3 is 2.37 bits per heavy atom. The molecular weight excluding hydrogens is 370 g/mol. The van der Waals surface area contributed by atoms with Crippen LogP contribution in [-0.4, -0.2) is 22.3 Å². The molecule has 1 aliphatic heterocycles. The van der Waals surface area contributed by atoms with Crippen LogP contribution in [0.4, 0.5) is 0 Å². The number of carbonyl (C=O) groups is 2. The Morgan fingerprint density at radius 2 is 1.67 bits per heavy atom. The summed E-state index contributed by atoms with van der Waals surface area (Å²) in [7, 11) is 0. The minimum atomic E-state index is -0.612. The molecule has 2 aromatic carbocycles. The summed E-state index contributed by atoms with van der Waals surface area (Å²) in [5.74, 6) is 5.84. The first-order valence-corrected chi connectivity index (χ1v) is 10.6. The molecule has 0 N–H and O–H groups in total. The van der Waals surface area contributed by atoms with E-state index < -0.39 is 5.54 Å². The summed E-state index contributed by atoms with van der Waals surface area (Å²) in [5, 5.41) is 0. The van der Waals surface area contributed by atoms with Crippen LogP contribution in [0.15, 0.2) is 55.1 Å². The molecule has 0 bridgehead atoms. The first kappa shape index (κ1) is 21.6. The van der Waals surface area contributed by atoms with E-state index in [4.69, 9.17) is 0 Å². The zero-order valence-electron chi connectivity index (χ0n) is 18.1. The van der Waals surface area contributed by atoms with Crippen molar-refractivity contribution in [2.24, 2.45) is 0 Å². The Kier molecular flexibility index (Phi) is 6.57. The standard InChI is InChI=1S/C27H29NO2/c1-5-7-8-10-20-11-9-12-21(18-20)13-14-22-15-16-23-24(19-22)26(30)28(25(23)29)27(3,4)17-6-2/h6,9,11-12,15-16,18-19H,2,5,7-8,10,17H2,1,3-4H3. The maximum absolute atomic E-state index is 12.9. The lowest BCUT2D eigenvalue weighted by atomic mass is 9.98. The Hall–Kier alpha value is -3.12. The fraction of sp³-hybridized carbons (Fsp3) is 0.333. The van der Waals surface area contributed by atoms with E-state index in [1.54, 1.807) is 18.2 Å². The predicted octanol–water partition coefficient (Wildman–Crippen LogP) is 5.77. The summed E-state index contributed by atoms with van der Waals surface area (Å²) in [6, 6.07) is 13.6. The Balaban J connectivity index is 1.83. The molecule has 3 heteroatoms. The maximum atomic E-state index is 12.9. The highest BCUT2D eigenvalue weighted by Gasteiger charge is 2.43. The molecule has 3 rings (SSSR count). The molecule has 2 aromatic rings. The van der Waals surface area contributed by atoms with Crippen LogP contribution in [0, 0.1) is 11.8 Å². The molecule has 0 unspecified atom stereocenters. The van der Waals surface area contributed by atoms with Crippen LogP contribution < -0.4 is 0 Å². The van der Waals surface area contributed by atoms with Gasteiger partial charge in [0.1, 0.15) is 0 Å². The van der Waals surface area contributed by atoms with Gasteiger partial charge in [0, 0.05) is 16.7 Å². The van der Waals surface area contributed by atoms with Crippen LogP contribution in [0.2, 0.25) is 0 Å². The van der Waals surface area contributed by atoms with Crippen LogP contribution in [0.3, 0.4) is 0 Å². The third-order valence-corrected chi connectivity index (χ3v) is 5.48. The minimum Gasteiger partial charge on any atom is -0.269 e. The number of aryl methyl sites for hydroxylation is 1. The number of amides is 2. The lowest BCUT2D eigenvalue weighted by molar-refractivity contribution is 0.0485. The second-order valence-electron chi connectivity index (χ2n) is 8.42. The maximum Gasteiger partial charge on any atom is 0.262 e.